The maximum Gasteiger partial charge on any atom is 0.256 e. The second kappa shape index (κ2) is 11.8. The van der Waals surface area contributed by atoms with Crippen LogP contribution in [0.15, 0.2) is 49.1 Å². The van der Waals surface area contributed by atoms with Crippen LogP contribution in [-0.4, -0.2) is 70.8 Å². The molecule has 1 aliphatic carbocycles. The van der Waals surface area contributed by atoms with Gasteiger partial charge in [0.2, 0.25) is 0 Å². The van der Waals surface area contributed by atoms with Crippen molar-refractivity contribution < 1.29 is 16.8 Å². The van der Waals surface area contributed by atoms with Crippen molar-refractivity contribution in [3.63, 3.8) is 0 Å². The van der Waals surface area contributed by atoms with E-state index in [0.29, 0.717) is 30.1 Å². The number of rotatable bonds is 12. The van der Waals surface area contributed by atoms with Gasteiger partial charge in [-0.3, -0.25) is 4.98 Å². The lowest BCUT2D eigenvalue weighted by atomic mass is 9.88. The molecule has 1 saturated heterocycles. The van der Waals surface area contributed by atoms with Crippen LogP contribution < -0.4 is 4.90 Å². The molecule has 4 aromatic rings. The average molecular weight is 637 g/mol. The van der Waals surface area contributed by atoms with Gasteiger partial charge in [0.1, 0.15) is 9.84 Å². The summed E-state index contributed by atoms with van der Waals surface area (Å²) in [5.74, 6) is 1.21. The third-order valence-electron chi connectivity index (χ3n) is 8.88. The van der Waals surface area contributed by atoms with Crippen LogP contribution in [0.4, 0.5) is 5.69 Å². The van der Waals surface area contributed by atoms with Crippen molar-refractivity contribution in [2.24, 2.45) is 5.92 Å². The molecule has 0 N–H and O–H groups in total. The van der Waals surface area contributed by atoms with Crippen LogP contribution in [0.25, 0.3) is 22.2 Å². The lowest BCUT2D eigenvalue weighted by molar-refractivity contribution is 0.342. The number of aromatic nitrogens is 5. The first-order chi connectivity index (χ1) is 20.9. The summed E-state index contributed by atoms with van der Waals surface area (Å²) < 4.78 is 49.7. The Bertz CT molecular complexity index is 1900. The fourth-order valence-corrected chi connectivity index (χ4v) is 8.77. The van der Waals surface area contributed by atoms with Crippen molar-refractivity contribution in [2.45, 2.75) is 76.5 Å². The van der Waals surface area contributed by atoms with E-state index in [1.54, 1.807) is 6.20 Å². The molecule has 0 unspecified atom stereocenters. The van der Waals surface area contributed by atoms with Crippen LogP contribution in [0, 0.1) is 5.92 Å². The molecule has 2 aliphatic rings. The Kier molecular flexibility index (Phi) is 8.25. The van der Waals surface area contributed by atoms with Crippen molar-refractivity contribution in [1.82, 2.24) is 24.1 Å². The molecule has 10 nitrogen and oxygen atoms in total. The Morgan fingerprint density at radius 3 is 2.39 bits per heavy atom. The smallest absolute Gasteiger partial charge is 0.256 e. The van der Waals surface area contributed by atoms with Gasteiger partial charge in [-0.15, -0.1) is 0 Å². The van der Waals surface area contributed by atoms with Gasteiger partial charge in [-0.05, 0) is 80.5 Å². The monoisotopic (exact) mass is 636 g/mol. The first-order valence-electron chi connectivity index (χ1n) is 15.4. The maximum atomic E-state index is 12.5. The summed E-state index contributed by atoms with van der Waals surface area (Å²) in [7, 11) is -6.43. The van der Waals surface area contributed by atoms with Crippen LogP contribution in [0.3, 0.4) is 0 Å². The predicted octanol–water partition coefficient (Wildman–Crippen LogP) is 4.79. The Morgan fingerprint density at radius 2 is 1.70 bits per heavy atom. The van der Waals surface area contributed by atoms with Gasteiger partial charge in [-0.2, -0.15) is 9.19 Å². The molecule has 0 amide bonds. The van der Waals surface area contributed by atoms with E-state index < -0.39 is 19.9 Å². The summed E-state index contributed by atoms with van der Waals surface area (Å²) in [5, 5.41) is 6.06. The third-order valence-corrected chi connectivity index (χ3v) is 11.9. The maximum absolute atomic E-state index is 12.5. The Labute approximate surface area is 259 Å². The van der Waals surface area contributed by atoms with Gasteiger partial charge in [0.05, 0.1) is 29.0 Å². The van der Waals surface area contributed by atoms with Gasteiger partial charge in [0.15, 0.2) is 5.82 Å². The molecule has 1 aliphatic heterocycles. The van der Waals surface area contributed by atoms with E-state index in [0.717, 1.165) is 58.8 Å². The number of nitrogens with zero attached hydrogens (tertiary/aromatic N) is 6. The first kappa shape index (κ1) is 30.6. The summed E-state index contributed by atoms with van der Waals surface area (Å²) in [6.45, 7) is 7.25. The van der Waals surface area contributed by atoms with Crippen LogP contribution in [0.2, 0.25) is 0 Å². The van der Waals surface area contributed by atoms with E-state index in [1.165, 1.54) is 29.6 Å². The number of pyridine rings is 1. The Hall–Kier alpha value is -3.38. The molecule has 1 saturated carbocycles. The van der Waals surface area contributed by atoms with Crippen molar-refractivity contribution in [1.29, 1.82) is 0 Å². The van der Waals surface area contributed by atoms with E-state index in [4.69, 9.17) is 4.98 Å². The van der Waals surface area contributed by atoms with Gasteiger partial charge in [-0.25, -0.2) is 26.8 Å². The van der Waals surface area contributed by atoms with Gasteiger partial charge in [0, 0.05) is 59.6 Å². The molecule has 0 spiro atoms. The summed E-state index contributed by atoms with van der Waals surface area (Å²) in [5.41, 5.74) is 4.96. The van der Waals surface area contributed by atoms with E-state index in [-0.39, 0.29) is 23.0 Å². The lowest BCUT2D eigenvalue weighted by Gasteiger charge is -2.48. The fraction of sp³-hybridized carbons (Fsp3) is 0.500. The topological polar surface area (TPSA) is 128 Å². The Balaban J connectivity index is 1.11. The number of fused-ring (bicyclic) bond motifs is 1. The minimum Gasteiger partial charge on any atom is -0.368 e. The van der Waals surface area contributed by atoms with E-state index in [2.05, 4.69) is 58.9 Å². The number of unbranched alkanes of at least 4 members (excludes halogenated alkanes) is 1. The molecule has 2 atom stereocenters. The largest absolute Gasteiger partial charge is 0.368 e. The molecular weight excluding hydrogens is 597 g/mol. The molecule has 1 aromatic carbocycles. The molecule has 6 rings (SSSR count). The molecular formula is C32H40N6O4S2. The van der Waals surface area contributed by atoms with Gasteiger partial charge in [0.25, 0.3) is 10.0 Å². The van der Waals surface area contributed by atoms with Gasteiger partial charge >= 0.3 is 0 Å². The summed E-state index contributed by atoms with van der Waals surface area (Å²) in [6.07, 6.45) is 12.9. The molecule has 0 radical (unpaired) electrons. The molecule has 234 valence electrons. The quantitative estimate of drug-likeness (QED) is 0.202. The zero-order valence-corrected chi connectivity index (χ0v) is 27.4. The second-order valence-electron chi connectivity index (χ2n) is 12.7. The normalized spacial score (nSPS) is 19.1. The first-order valence-corrected chi connectivity index (χ1v) is 18.9. The van der Waals surface area contributed by atoms with E-state index in [1.807, 2.05) is 12.3 Å². The highest BCUT2D eigenvalue weighted by molar-refractivity contribution is 7.90. The zero-order chi connectivity index (χ0) is 31.2. The van der Waals surface area contributed by atoms with Crippen molar-refractivity contribution in [3.8, 4) is 11.4 Å². The van der Waals surface area contributed by atoms with Crippen molar-refractivity contribution in [3.05, 3.63) is 66.0 Å². The average Bonchev–Trinajstić information content (AvgIpc) is 3.73. The van der Waals surface area contributed by atoms with Gasteiger partial charge < -0.3 is 4.90 Å². The van der Waals surface area contributed by atoms with Crippen molar-refractivity contribution in [2.75, 3.05) is 23.5 Å². The SMILES string of the molecule is CC(C)c1ccc(N2C[C@@H](CS(C)(=O)=O)[C@@H]2C)c2cnc(CCCCc3ccnc(-c4cnn(S(=O)(=O)C5CC5)c4)n3)cc12. The lowest BCUT2D eigenvalue weighted by Crippen LogP contribution is -2.57. The molecule has 3 aromatic heterocycles. The third kappa shape index (κ3) is 6.37. The van der Waals surface area contributed by atoms with E-state index in [9.17, 15) is 16.8 Å². The molecule has 2 fully saturated rings. The summed E-state index contributed by atoms with van der Waals surface area (Å²) >= 11 is 0. The number of hydrogen-bond donors (Lipinski definition) is 0. The highest BCUT2D eigenvalue weighted by atomic mass is 32.2. The minimum absolute atomic E-state index is 0.143. The standard InChI is InChI=1S/C32H40N6O4S2/c1-21(2)28-11-12-31(37-18-24(22(37)3)20-43(4,39)40)30-17-34-26(15-29(28)30)8-6-5-7-25-13-14-33-32(36-25)23-16-35-38(19-23)44(41,42)27-9-10-27/h11-17,19,21-22,24,27H,5-10,18,20H2,1-4H3/t22-,24-/m0/s1. The second-order valence-corrected chi connectivity index (χ2v) is 17.0. The van der Waals surface area contributed by atoms with Crippen molar-refractivity contribution >= 4 is 36.3 Å². The number of benzene rings is 1. The van der Waals surface area contributed by atoms with Gasteiger partial charge in [-0.1, -0.05) is 19.9 Å². The summed E-state index contributed by atoms with van der Waals surface area (Å²) in [4.78, 5) is 16.2. The number of aryl methyl sites for hydroxylation is 2. The summed E-state index contributed by atoms with van der Waals surface area (Å²) in [6, 6.07) is 8.66. The van der Waals surface area contributed by atoms with Crippen LogP contribution >= 0.6 is 0 Å². The number of anilines is 1. The Morgan fingerprint density at radius 1 is 0.955 bits per heavy atom. The highest BCUT2D eigenvalue weighted by Gasteiger charge is 2.39. The predicted molar refractivity (Wildman–Crippen MR) is 173 cm³/mol. The fourth-order valence-electron chi connectivity index (χ4n) is 6.13. The highest BCUT2D eigenvalue weighted by Crippen LogP contribution is 2.39. The molecule has 44 heavy (non-hydrogen) atoms. The van der Waals surface area contributed by atoms with E-state index >= 15 is 0 Å². The number of hydrogen-bond acceptors (Lipinski definition) is 9. The van der Waals surface area contributed by atoms with Crippen LogP contribution in [0.1, 0.15) is 69.3 Å². The molecule has 4 heterocycles. The molecule has 12 heteroatoms. The van der Waals surface area contributed by atoms with Crippen LogP contribution in [-0.2, 0) is 32.7 Å². The molecule has 0 bridgehead atoms. The van der Waals surface area contributed by atoms with Crippen LogP contribution in [0.5, 0.6) is 0 Å². The minimum atomic E-state index is -3.42. The number of sulfone groups is 1. The zero-order valence-electron chi connectivity index (χ0n) is 25.7.